The van der Waals surface area contributed by atoms with Crippen molar-refractivity contribution < 1.29 is 9.18 Å². The highest BCUT2D eigenvalue weighted by molar-refractivity contribution is 5.78. The van der Waals surface area contributed by atoms with E-state index in [4.69, 9.17) is 0 Å². The molecule has 2 fully saturated rings. The molecule has 1 aromatic carbocycles. The predicted octanol–water partition coefficient (Wildman–Crippen LogP) is 2.39. The van der Waals surface area contributed by atoms with E-state index in [1.807, 2.05) is 36.4 Å². The zero-order valence-electron chi connectivity index (χ0n) is 17.1. The fourth-order valence-corrected chi connectivity index (χ4v) is 4.48. The molecular weight excluding hydrogens is 369 g/mol. The van der Waals surface area contributed by atoms with E-state index in [-0.39, 0.29) is 11.7 Å². The molecule has 2 aromatic rings. The fraction of sp³-hybridized carbons (Fsp3) is 0.545. The third-order valence-corrected chi connectivity index (χ3v) is 6.16. The number of carbonyl (C=O) groups is 1. The van der Waals surface area contributed by atoms with Gasteiger partial charge in [-0.1, -0.05) is 0 Å². The summed E-state index contributed by atoms with van der Waals surface area (Å²) in [5, 5.41) is 0. The minimum Gasteiger partial charge on any atom is -0.368 e. The number of hydrogen-bond donors (Lipinski definition) is 0. The lowest BCUT2D eigenvalue weighted by Gasteiger charge is -2.38. The van der Waals surface area contributed by atoms with Gasteiger partial charge in [0.15, 0.2) is 0 Å². The monoisotopic (exact) mass is 399 g/mol. The Kier molecular flexibility index (Phi) is 6.13. The number of halogens is 1. The number of aryl methyl sites for hydroxylation is 1. The minimum absolute atomic E-state index is 0.217. The molecule has 2 aliphatic heterocycles. The predicted molar refractivity (Wildman–Crippen MR) is 111 cm³/mol. The van der Waals surface area contributed by atoms with Crippen LogP contribution in [0.2, 0.25) is 0 Å². The molecule has 0 spiro atoms. The lowest BCUT2D eigenvalue weighted by molar-refractivity contribution is -0.133. The van der Waals surface area contributed by atoms with Crippen molar-refractivity contribution in [2.75, 3.05) is 50.7 Å². The lowest BCUT2D eigenvalue weighted by Crippen LogP contribution is -2.52. The van der Waals surface area contributed by atoms with Crippen LogP contribution >= 0.6 is 0 Å². The summed E-state index contributed by atoms with van der Waals surface area (Å²) in [6.07, 6.45) is 6.24. The number of nitrogens with zero attached hydrogens (tertiary/aromatic N) is 5. The average Bonchev–Trinajstić information content (AvgIpc) is 3.13. The second-order valence-electron chi connectivity index (χ2n) is 8.21. The number of aromatic nitrogens is 2. The maximum atomic E-state index is 13.1. The van der Waals surface area contributed by atoms with Crippen LogP contribution in [0.25, 0.3) is 0 Å². The standard InChI is InChI=1S/C22H30FN5O/c1-18-24-8-10-28(18)16-19-3-2-9-25(15-19)17-22(29)27-13-11-26(12-14-27)21-6-4-20(23)5-7-21/h4-8,10,19H,2-3,9,11-17H2,1H3/t19-/m1/s1. The number of rotatable bonds is 5. The van der Waals surface area contributed by atoms with Gasteiger partial charge < -0.3 is 14.4 Å². The maximum Gasteiger partial charge on any atom is 0.236 e. The van der Waals surface area contributed by atoms with Crippen LogP contribution in [-0.2, 0) is 11.3 Å². The third kappa shape index (κ3) is 4.96. The van der Waals surface area contributed by atoms with Gasteiger partial charge >= 0.3 is 0 Å². The molecule has 0 radical (unpaired) electrons. The second-order valence-corrected chi connectivity index (χ2v) is 8.21. The Morgan fingerprint density at radius 2 is 1.90 bits per heavy atom. The minimum atomic E-state index is -0.217. The van der Waals surface area contributed by atoms with Gasteiger partial charge in [0.05, 0.1) is 6.54 Å². The van der Waals surface area contributed by atoms with Crippen molar-refractivity contribution in [3.63, 3.8) is 0 Å². The van der Waals surface area contributed by atoms with Gasteiger partial charge in [-0.05, 0) is 56.5 Å². The van der Waals surface area contributed by atoms with E-state index in [0.29, 0.717) is 12.5 Å². The van der Waals surface area contributed by atoms with Crippen LogP contribution in [-0.4, -0.2) is 71.1 Å². The van der Waals surface area contributed by atoms with Crippen molar-refractivity contribution >= 4 is 11.6 Å². The maximum absolute atomic E-state index is 13.1. The number of amides is 1. The van der Waals surface area contributed by atoms with Crippen LogP contribution in [0.1, 0.15) is 18.7 Å². The lowest BCUT2D eigenvalue weighted by atomic mass is 9.98. The molecule has 1 amide bonds. The van der Waals surface area contributed by atoms with E-state index < -0.39 is 0 Å². The summed E-state index contributed by atoms with van der Waals surface area (Å²) in [6, 6.07) is 6.60. The first-order valence-electron chi connectivity index (χ1n) is 10.6. The number of imidazole rings is 1. The zero-order valence-corrected chi connectivity index (χ0v) is 17.1. The molecular formula is C22H30FN5O. The number of carbonyl (C=O) groups excluding carboxylic acids is 1. The molecule has 0 aliphatic carbocycles. The van der Waals surface area contributed by atoms with Gasteiger partial charge in [0.2, 0.25) is 5.91 Å². The first-order valence-corrected chi connectivity index (χ1v) is 10.6. The summed E-state index contributed by atoms with van der Waals surface area (Å²) in [5.74, 6) is 1.63. The largest absolute Gasteiger partial charge is 0.368 e. The molecule has 4 rings (SSSR count). The van der Waals surface area contributed by atoms with Crippen LogP contribution in [0.15, 0.2) is 36.7 Å². The molecule has 1 aromatic heterocycles. The number of piperazine rings is 1. The Morgan fingerprint density at radius 3 is 2.59 bits per heavy atom. The van der Waals surface area contributed by atoms with E-state index >= 15 is 0 Å². The number of likely N-dealkylation sites (tertiary alicyclic amines) is 1. The number of hydrogen-bond acceptors (Lipinski definition) is 4. The Morgan fingerprint density at radius 1 is 1.14 bits per heavy atom. The van der Waals surface area contributed by atoms with Crippen LogP contribution in [0.3, 0.4) is 0 Å². The molecule has 0 unspecified atom stereocenters. The van der Waals surface area contributed by atoms with Crippen molar-refractivity contribution in [3.8, 4) is 0 Å². The number of benzene rings is 1. The van der Waals surface area contributed by atoms with Gasteiger partial charge in [-0.2, -0.15) is 0 Å². The second kappa shape index (κ2) is 8.95. The summed E-state index contributed by atoms with van der Waals surface area (Å²) in [7, 11) is 0. The van der Waals surface area contributed by atoms with Crippen LogP contribution in [0.4, 0.5) is 10.1 Å². The van der Waals surface area contributed by atoms with Crippen LogP contribution in [0, 0.1) is 18.7 Å². The zero-order chi connectivity index (χ0) is 20.2. The van der Waals surface area contributed by atoms with Gasteiger partial charge in [0, 0.05) is 57.3 Å². The number of anilines is 1. The van der Waals surface area contributed by atoms with E-state index in [1.54, 1.807) is 0 Å². The molecule has 0 bridgehead atoms. The van der Waals surface area contributed by atoms with Crippen molar-refractivity contribution in [1.82, 2.24) is 19.4 Å². The Hall–Kier alpha value is -2.41. The van der Waals surface area contributed by atoms with E-state index in [1.165, 1.54) is 18.6 Å². The molecule has 2 aliphatic rings. The highest BCUT2D eigenvalue weighted by Crippen LogP contribution is 2.20. The molecule has 6 nitrogen and oxygen atoms in total. The third-order valence-electron chi connectivity index (χ3n) is 6.16. The molecule has 2 saturated heterocycles. The Bertz CT molecular complexity index is 813. The number of piperidine rings is 1. The Balaban J connectivity index is 1.25. The molecule has 3 heterocycles. The molecule has 7 heteroatoms. The molecule has 0 N–H and O–H groups in total. The summed E-state index contributed by atoms with van der Waals surface area (Å²) >= 11 is 0. The van der Waals surface area contributed by atoms with Crippen LogP contribution < -0.4 is 4.90 Å². The first-order chi connectivity index (χ1) is 14.1. The van der Waals surface area contributed by atoms with Gasteiger partial charge in [-0.3, -0.25) is 9.69 Å². The van der Waals surface area contributed by atoms with Gasteiger partial charge in [0.25, 0.3) is 0 Å². The smallest absolute Gasteiger partial charge is 0.236 e. The van der Waals surface area contributed by atoms with Gasteiger partial charge in [-0.15, -0.1) is 0 Å². The van der Waals surface area contributed by atoms with E-state index in [9.17, 15) is 9.18 Å². The van der Waals surface area contributed by atoms with Crippen molar-refractivity contribution in [2.45, 2.75) is 26.3 Å². The molecule has 1 atom stereocenters. The summed E-state index contributed by atoms with van der Waals surface area (Å²) in [5.41, 5.74) is 1.02. The summed E-state index contributed by atoms with van der Waals surface area (Å²) in [6.45, 7) is 8.53. The summed E-state index contributed by atoms with van der Waals surface area (Å²) in [4.78, 5) is 23.6. The first kappa shape index (κ1) is 19.9. The van der Waals surface area contributed by atoms with Crippen molar-refractivity contribution in [3.05, 3.63) is 48.3 Å². The normalized spacial score (nSPS) is 20.8. The fourth-order valence-electron chi connectivity index (χ4n) is 4.48. The van der Waals surface area contributed by atoms with Crippen molar-refractivity contribution in [1.29, 1.82) is 0 Å². The van der Waals surface area contributed by atoms with E-state index in [2.05, 4.69) is 19.4 Å². The molecule has 29 heavy (non-hydrogen) atoms. The Labute approximate surface area is 171 Å². The highest BCUT2D eigenvalue weighted by Gasteiger charge is 2.26. The van der Waals surface area contributed by atoms with Crippen molar-refractivity contribution in [2.24, 2.45) is 5.92 Å². The van der Waals surface area contributed by atoms with E-state index in [0.717, 1.165) is 63.7 Å². The summed E-state index contributed by atoms with van der Waals surface area (Å²) < 4.78 is 15.3. The molecule has 0 saturated carbocycles. The SMILES string of the molecule is Cc1nccn1C[C@@H]1CCCN(CC(=O)N2CCN(c3ccc(F)cc3)CC2)C1. The van der Waals surface area contributed by atoms with Gasteiger partial charge in [0.1, 0.15) is 11.6 Å². The topological polar surface area (TPSA) is 44.6 Å². The highest BCUT2D eigenvalue weighted by atomic mass is 19.1. The molecule has 156 valence electrons. The van der Waals surface area contributed by atoms with Crippen LogP contribution in [0.5, 0.6) is 0 Å². The quantitative estimate of drug-likeness (QED) is 0.775. The average molecular weight is 400 g/mol. The van der Waals surface area contributed by atoms with Gasteiger partial charge in [-0.25, -0.2) is 9.37 Å².